The molecule has 0 bridgehead atoms. The second-order valence-electron chi connectivity index (χ2n) is 27.0. The molecule has 0 aliphatic rings. The minimum Gasteiger partial charge on any atom is -0.466 e. The van der Waals surface area contributed by atoms with Gasteiger partial charge in [-0.3, -0.25) is 9.59 Å². The van der Waals surface area contributed by atoms with Crippen LogP contribution in [0, 0.1) is 0 Å². The predicted octanol–water partition coefficient (Wildman–Crippen LogP) is 25.7. The zero-order valence-corrected chi connectivity index (χ0v) is 57.9. The summed E-state index contributed by atoms with van der Waals surface area (Å²) in [5, 5.41) is 23.4. The fourth-order valence-electron chi connectivity index (χ4n) is 12.5. The maximum Gasteiger partial charge on any atom is 0.305 e. The van der Waals surface area contributed by atoms with E-state index in [1.54, 1.807) is 0 Å². The van der Waals surface area contributed by atoms with Crippen molar-refractivity contribution in [1.29, 1.82) is 0 Å². The first-order valence-electron chi connectivity index (χ1n) is 39.1. The lowest BCUT2D eigenvalue weighted by Gasteiger charge is -2.22. The third-order valence-electron chi connectivity index (χ3n) is 18.5. The molecule has 0 aliphatic heterocycles. The van der Waals surface area contributed by atoms with Crippen molar-refractivity contribution in [3.63, 3.8) is 0 Å². The average molecular weight is 1200 g/mol. The second-order valence-corrected chi connectivity index (χ2v) is 27.0. The molecule has 0 heterocycles. The van der Waals surface area contributed by atoms with Crippen molar-refractivity contribution < 1.29 is 24.5 Å². The largest absolute Gasteiger partial charge is 0.466 e. The van der Waals surface area contributed by atoms with E-state index < -0.39 is 12.1 Å². The fraction of sp³-hybridized carbons (Fsp3) is 0.924. The molecule has 3 N–H and O–H groups in total. The van der Waals surface area contributed by atoms with Crippen molar-refractivity contribution in [2.75, 3.05) is 13.2 Å². The van der Waals surface area contributed by atoms with E-state index in [-0.39, 0.29) is 18.5 Å². The monoisotopic (exact) mass is 1200 g/mol. The first-order valence-corrected chi connectivity index (χ1v) is 39.1. The molecule has 6 nitrogen and oxygen atoms in total. The molecule has 0 saturated carbocycles. The molecule has 0 radical (unpaired) electrons. The van der Waals surface area contributed by atoms with E-state index in [0.717, 1.165) is 44.9 Å². The van der Waals surface area contributed by atoms with Gasteiger partial charge in [-0.2, -0.15) is 0 Å². The van der Waals surface area contributed by atoms with Crippen LogP contribution in [0.1, 0.15) is 444 Å². The van der Waals surface area contributed by atoms with Crippen molar-refractivity contribution in [2.45, 2.75) is 456 Å². The minimum absolute atomic E-state index is 0.0163. The highest BCUT2D eigenvalue weighted by Gasteiger charge is 2.20. The number of carbonyl (C=O) groups is 2. The molecule has 0 saturated heterocycles. The van der Waals surface area contributed by atoms with Crippen molar-refractivity contribution in [3.8, 4) is 0 Å². The zero-order valence-electron chi connectivity index (χ0n) is 57.9. The van der Waals surface area contributed by atoms with Gasteiger partial charge < -0.3 is 20.3 Å². The molecular weight excluding hydrogens is 1040 g/mol. The summed E-state index contributed by atoms with van der Waals surface area (Å²) in [6.45, 7) is 5.00. The van der Waals surface area contributed by atoms with Crippen molar-refractivity contribution in [1.82, 2.24) is 5.32 Å². The number of unbranched alkanes of at least 4 members (excludes halogenated alkanes) is 59. The Balaban J connectivity index is 3.34. The number of aliphatic hydroxyl groups excluding tert-OH is 2. The summed E-state index contributed by atoms with van der Waals surface area (Å²) in [5.41, 5.74) is 0. The molecule has 504 valence electrons. The van der Waals surface area contributed by atoms with Crippen LogP contribution in [-0.4, -0.2) is 47.4 Å². The summed E-state index contributed by atoms with van der Waals surface area (Å²) in [6.07, 6.45) is 95.5. The molecule has 1 amide bonds. The number of rotatable bonds is 74. The Morgan fingerprint density at radius 1 is 0.318 bits per heavy atom. The average Bonchev–Trinajstić information content (AvgIpc) is 3.51. The minimum atomic E-state index is -0.662. The van der Waals surface area contributed by atoms with Gasteiger partial charge in [0.1, 0.15) is 0 Å². The standard InChI is InChI=1S/C79H153NO5/c1-3-5-7-9-11-13-15-17-19-21-40-43-47-51-55-59-63-67-71-77(82)76(75-81)80-78(83)72-68-64-60-56-52-48-44-41-37-35-33-31-29-27-25-23-22-24-26-28-30-32-34-36-38-42-46-50-54-58-62-66-70-74-85-79(84)73-69-65-61-57-53-49-45-39-20-18-16-14-12-10-8-6-4-2/h18,20,26,28,76-77,81-82H,3-17,19,21-25,27,29-75H2,1-2H3,(H,80,83)/b20-18-,28-26-. The van der Waals surface area contributed by atoms with Gasteiger partial charge in [0.2, 0.25) is 5.91 Å². The Kier molecular flexibility index (Phi) is 73.3. The topological polar surface area (TPSA) is 95.9 Å². The van der Waals surface area contributed by atoms with Gasteiger partial charge in [0, 0.05) is 12.8 Å². The van der Waals surface area contributed by atoms with E-state index in [1.165, 1.54) is 366 Å². The summed E-state index contributed by atoms with van der Waals surface area (Å²) < 4.78 is 5.51. The molecule has 2 atom stereocenters. The molecule has 0 spiro atoms. The number of esters is 1. The van der Waals surface area contributed by atoms with Gasteiger partial charge in [-0.15, -0.1) is 0 Å². The number of ether oxygens (including phenoxy) is 1. The number of hydrogen-bond acceptors (Lipinski definition) is 5. The summed E-state index contributed by atoms with van der Waals surface area (Å²) in [5.74, 6) is -0.0111. The second kappa shape index (κ2) is 74.8. The number of aliphatic hydroxyl groups is 2. The van der Waals surface area contributed by atoms with Gasteiger partial charge >= 0.3 is 5.97 Å². The van der Waals surface area contributed by atoms with E-state index in [1.807, 2.05) is 0 Å². The van der Waals surface area contributed by atoms with Gasteiger partial charge in [-0.1, -0.05) is 378 Å². The molecule has 2 unspecified atom stereocenters. The van der Waals surface area contributed by atoms with Crippen LogP contribution < -0.4 is 5.32 Å². The fourth-order valence-corrected chi connectivity index (χ4v) is 12.5. The van der Waals surface area contributed by atoms with Crippen molar-refractivity contribution >= 4 is 11.9 Å². The number of hydrogen-bond donors (Lipinski definition) is 3. The van der Waals surface area contributed by atoms with E-state index >= 15 is 0 Å². The Bertz CT molecular complexity index is 1330. The lowest BCUT2D eigenvalue weighted by Crippen LogP contribution is -2.45. The first-order chi connectivity index (χ1) is 42.0. The highest BCUT2D eigenvalue weighted by molar-refractivity contribution is 5.76. The molecule has 0 aromatic rings. The summed E-state index contributed by atoms with van der Waals surface area (Å²) in [4.78, 5) is 24.6. The quantitative estimate of drug-likeness (QED) is 0.0320. The van der Waals surface area contributed by atoms with Crippen LogP contribution in [0.4, 0.5) is 0 Å². The SMILES string of the molecule is CCCCCCCC/C=C\CCCCCCCCCC(=O)OCCCCCCCCCCCCCC/C=C\CCCCCCCCCCCCCCCCCCCC(=O)NC(CO)C(O)CCCCCCCCCCCCCCCCCCCC. The van der Waals surface area contributed by atoms with Crippen LogP contribution in [0.5, 0.6) is 0 Å². The number of nitrogens with one attached hydrogen (secondary N) is 1. The van der Waals surface area contributed by atoms with E-state index in [0.29, 0.717) is 25.9 Å². The van der Waals surface area contributed by atoms with Crippen LogP contribution in [0.2, 0.25) is 0 Å². The summed E-state index contributed by atoms with van der Waals surface area (Å²) >= 11 is 0. The first kappa shape index (κ1) is 83.3. The van der Waals surface area contributed by atoms with E-state index in [2.05, 4.69) is 43.5 Å². The lowest BCUT2D eigenvalue weighted by molar-refractivity contribution is -0.143. The Morgan fingerprint density at radius 2 is 0.553 bits per heavy atom. The smallest absolute Gasteiger partial charge is 0.305 e. The Hall–Kier alpha value is -1.66. The van der Waals surface area contributed by atoms with Gasteiger partial charge in [-0.05, 0) is 77.0 Å². The van der Waals surface area contributed by atoms with Crippen LogP contribution in [0.25, 0.3) is 0 Å². The maximum atomic E-state index is 12.5. The highest BCUT2D eigenvalue weighted by atomic mass is 16.5. The van der Waals surface area contributed by atoms with E-state index in [4.69, 9.17) is 4.74 Å². The van der Waals surface area contributed by atoms with Crippen molar-refractivity contribution in [3.05, 3.63) is 24.3 Å². The number of amides is 1. The third kappa shape index (κ3) is 71.3. The summed E-state index contributed by atoms with van der Waals surface area (Å²) in [6, 6.07) is -0.539. The lowest BCUT2D eigenvalue weighted by atomic mass is 10.0. The highest BCUT2D eigenvalue weighted by Crippen LogP contribution is 2.20. The number of allylic oxidation sites excluding steroid dienone is 4. The van der Waals surface area contributed by atoms with Gasteiger partial charge in [-0.25, -0.2) is 0 Å². The molecule has 6 heteroatoms. The van der Waals surface area contributed by atoms with Crippen LogP contribution in [0.15, 0.2) is 24.3 Å². The van der Waals surface area contributed by atoms with Crippen LogP contribution in [-0.2, 0) is 14.3 Å². The molecule has 0 aromatic carbocycles. The van der Waals surface area contributed by atoms with Gasteiger partial charge in [0.25, 0.3) is 0 Å². The van der Waals surface area contributed by atoms with Gasteiger partial charge in [0.05, 0.1) is 25.4 Å². The van der Waals surface area contributed by atoms with Crippen LogP contribution in [0.3, 0.4) is 0 Å². The third-order valence-corrected chi connectivity index (χ3v) is 18.5. The molecule has 0 aliphatic carbocycles. The summed E-state index contributed by atoms with van der Waals surface area (Å²) in [7, 11) is 0. The predicted molar refractivity (Wildman–Crippen MR) is 375 cm³/mol. The molecule has 85 heavy (non-hydrogen) atoms. The molecule has 0 aromatic heterocycles. The maximum absolute atomic E-state index is 12.5. The molecule has 0 rings (SSSR count). The zero-order chi connectivity index (χ0) is 61.3. The van der Waals surface area contributed by atoms with Gasteiger partial charge in [0.15, 0.2) is 0 Å². The molecule has 0 fully saturated rings. The number of carbonyl (C=O) groups excluding carboxylic acids is 2. The van der Waals surface area contributed by atoms with Crippen molar-refractivity contribution in [2.24, 2.45) is 0 Å². The molecular formula is C79H153NO5. The Labute approximate surface area is 532 Å². The van der Waals surface area contributed by atoms with Crippen LogP contribution >= 0.6 is 0 Å². The van der Waals surface area contributed by atoms with E-state index in [9.17, 15) is 19.8 Å². The Morgan fingerprint density at radius 3 is 0.835 bits per heavy atom. The normalized spacial score (nSPS) is 12.6.